The molecule has 2 aromatic carbocycles. The first kappa shape index (κ1) is 13.0. The van der Waals surface area contributed by atoms with Gasteiger partial charge < -0.3 is 14.8 Å². The Hall–Kier alpha value is -3.01. The molecule has 0 aliphatic heterocycles. The first-order valence-corrected chi connectivity index (χ1v) is 6.45. The fourth-order valence-corrected chi connectivity index (χ4v) is 2.20. The van der Waals surface area contributed by atoms with Crippen LogP contribution in [0.15, 0.2) is 67.0 Å². The second kappa shape index (κ2) is 5.17. The van der Waals surface area contributed by atoms with E-state index >= 15 is 0 Å². The maximum Gasteiger partial charge on any atom is 0.335 e. The van der Waals surface area contributed by atoms with E-state index in [-0.39, 0.29) is 11.3 Å². The number of phenols is 1. The van der Waals surface area contributed by atoms with Crippen molar-refractivity contribution in [1.82, 2.24) is 4.57 Å². The van der Waals surface area contributed by atoms with E-state index < -0.39 is 5.97 Å². The number of carboxylic acids is 1. The molecule has 0 aliphatic carbocycles. The molecule has 104 valence electrons. The second-order valence-electron chi connectivity index (χ2n) is 4.68. The number of carbonyl (C=O) groups is 1. The predicted octanol–water partition coefficient (Wildman–Crippen LogP) is 3.55. The molecule has 3 aromatic rings. The van der Waals surface area contributed by atoms with Crippen molar-refractivity contribution in [3.05, 3.63) is 72.6 Å². The fraction of sp³-hybridized carbons (Fsp3) is 0. The van der Waals surface area contributed by atoms with Crippen molar-refractivity contribution in [1.29, 1.82) is 0 Å². The first-order chi connectivity index (χ1) is 10.1. The summed E-state index contributed by atoms with van der Waals surface area (Å²) in [5.41, 5.74) is 2.84. The van der Waals surface area contributed by atoms with E-state index in [1.54, 1.807) is 36.4 Å². The van der Waals surface area contributed by atoms with Gasteiger partial charge in [0.2, 0.25) is 0 Å². The lowest BCUT2D eigenvalue weighted by Gasteiger charge is -2.05. The molecular formula is C17H13NO3. The Morgan fingerprint density at radius 3 is 2.29 bits per heavy atom. The summed E-state index contributed by atoms with van der Waals surface area (Å²) in [4.78, 5) is 10.8. The third-order valence-corrected chi connectivity index (χ3v) is 3.32. The van der Waals surface area contributed by atoms with Gasteiger partial charge in [0.1, 0.15) is 5.75 Å². The van der Waals surface area contributed by atoms with Crippen LogP contribution in [0.1, 0.15) is 10.4 Å². The molecular weight excluding hydrogens is 266 g/mol. The summed E-state index contributed by atoms with van der Waals surface area (Å²) in [6.07, 6.45) is 3.75. The van der Waals surface area contributed by atoms with Crippen LogP contribution in [0.4, 0.5) is 0 Å². The van der Waals surface area contributed by atoms with E-state index in [9.17, 15) is 9.90 Å². The molecule has 0 radical (unpaired) electrons. The highest BCUT2D eigenvalue weighted by molar-refractivity contribution is 5.88. The number of para-hydroxylation sites is 2. The number of carboxylic acid groups (broad SMARTS) is 1. The molecule has 3 rings (SSSR count). The van der Waals surface area contributed by atoms with E-state index in [2.05, 4.69) is 0 Å². The van der Waals surface area contributed by atoms with Crippen LogP contribution in [0.25, 0.3) is 16.8 Å². The number of nitrogens with zero attached hydrogens (tertiary/aromatic N) is 1. The zero-order valence-electron chi connectivity index (χ0n) is 11.1. The molecule has 0 atom stereocenters. The molecule has 1 aromatic heterocycles. The quantitative estimate of drug-likeness (QED) is 0.770. The van der Waals surface area contributed by atoms with Gasteiger partial charge in [-0.2, -0.15) is 0 Å². The maximum absolute atomic E-state index is 10.8. The molecule has 0 bridgehead atoms. The molecule has 2 N–H and O–H groups in total. The van der Waals surface area contributed by atoms with Gasteiger partial charge in [0.05, 0.1) is 11.3 Å². The number of benzene rings is 2. The highest BCUT2D eigenvalue weighted by atomic mass is 16.4. The van der Waals surface area contributed by atoms with E-state index in [0.717, 1.165) is 11.1 Å². The van der Waals surface area contributed by atoms with Crippen molar-refractivity contribution < 1.29 is 15.0 Å². The number of aromatic hydroxyl groups is 1. The Kier molecular flexibility index (Phi) is 3.20. The Labute approximate surface area is 121 Å². The minimum Gasteiger partial charge on any atom is -0.506 e. The van der Waals surface area contributed by atoms with Crippen LogP contribution in [0.5, 0.6) is 5.75 Å². The first-order valence-electron chi connectivity index (χ1n) is 6.45. The Morgan fingerprint density at radius 1 is 0.905 bits per heavy atom. The third-order valence-electron chi connectivity index (χ3n) is 3.32. The Bertz CT molecular complexity index is 788. The highest BCUT2D eigenvalue weighted by Crippen LogP contribution is 2.26. The number of rotatable bonds is 3. The van der Waals surface area contributed by atoms with Gasteiger partial charge in [-0.1, -0.05) is 24.3 Å². The highest BCUT2D eigenvalue weighted by Gasteiger charge is 2.06. The number of aromatic carboxylic acids is 1. The van der Waals surface area contributed by atoms with Crippen molar-refractivity contribution in [2.75, 3.05) is 0 Å². The van der Waals surface area contributed by atoms with Crippen LogP contribution in [-0.2, 0) is 0 Å². The summed E-state index contributed by atoms with van der Waals surface area (Å²) in [7, 11) is 0. The van der Waals surface area contributed by atoms with Gasteiger partial charge in [-0.25, -0.2) is 4.79 Å². The minimum atomic E-state index is -0.937. The average Bonchev–Trinajstić information content (AvgIpc) is 2.97. The zero-order chi connectivity index (χ0) is 14.8. The number of aromatic nitrogens is 1. The normalized spacial score (nSPS) is 10.5. The molecule has 0 fully saturated rings. The van der Waals surface area contributed by atoms with Crippen LogP contribution in [0, 0.1) is 0 Å². The molecule has 4 heteroatoms. The zero-order valence-corrected chi connectivity index (χ0v) is 11.1. The van der Waals surface area contributed by atoms with Gasteiger partial charge in [0.15, 0.2) is 0 Å². The molecule has 0 saturated heterocycles. The molecule has 21 heavy (non-hydrogen) atoms. The van der Waals surface area contributed by atoms with Gasteiger partial charge in [-0.15, -0.1) is 0 Å². The number of hydrogen-bond donors (Lipinski definition) is 2. The number of hydrogen-bond acceptors (Lipinski definition) is 2. The lowest BCUT2D eigenvalue weighted by molar-refractivity contribution is 0.0697. The molecule has 4 nitrogen and oxygen atoms in total. The SMILES string of the molecule is O=C(O)c1ccc(-c2ccn(-c3ccccc3O)c2)cc1. The van der Waals surface area contributed by atoms with E-state index in [4.69, 9.17) is 5.11 Å². The fourth-order valence-electron chi connectivity index (χ4n) is 2.20. The molecule has 0 aliphatic rings. The Balaban J connectivity index is 1.95. The summed E-state index contributed by atoms with van der Waals surface area (Å²) in [6.45, 7) is 0. The van der Waals surface area contributed by atoms with E-state index in [1.165, 1.54) is 0 Å². The maximum atomic E-state index is 10.8. The standard InChI is InChI=1S/C17H13NO3/c19-16-4-2-1-3-15(16)18-10-9-14(11-18)12-5-7-13(8-6-12)17(20)21/h1-11,19H,(H,20,21). The summed E-state index contributed by atoms with van der Waals surface area (Å²) in [5.74, 6) is -0.728. The van der Waals surface area contributed by atoms with Gasteiger partial charge in [0, 0.05) is 12.4 Å². The van der Waals surface area contributed by atoms with Crippen molar-refractivity contribution in [2.24, 2.45) is 0 Å². The van der Waals surface area contributed by atoms with Gasteiger partial charge in [-0.05, 0) is 41.5 Å². The van der Waals surface area contributed by atoms with Gasteiger partial charge >= 0.3 is 5.97 Å². The average molecular weight is 279 g/mol. The van der Waals surface area contributed by atoms with Crippen LogP contribution in [0.3, 0.4) is 0 Å². The molecule has 1 heterocycles. The van der Waals surface area contributed by atoms with Crippen molar-refractivity contribution in [3.8, 4) is 22.6 Å². The predicted molar refractivity (Wildman–Crippen MR) is 79.8 cm³/mol. The van der Waals surface area contributed by atoms with E-state index in [0.29, 0.717) is 5.69 Å². The molecule has 0 amide bonds. The van der Waals surface area contributed by atoms with E-state index in [1.807, 2.05) is 35.2 Å². The van der Waals surface area contributed by atoms with Crippen LogP contribution < -0.4 is 0 Å². The number of phenolic OH excluding ortho intramolecular Hbond substituents is 1. The smallest absolute Gasteiger partial charge is 0.335 e. The largest absolute Gasteiger partial charge is 0.506 e. The van der Waals surface area contributed by atoms with Crippen molar-refractivity contribution in [2.45, 2.75) is 0 Å². The summed E-state index contributed by atoms with van der Waals surface area (Å²) in [5, 5.41) is 18.8. The van der Waals surface area contributed by atoms with Crippen LogP contribution >= 0.6 is 0 Å². The topological polar surface area (TPSA) is 62.5 Å². The Morgan fingerprint density at radius 2 is 1.62 bits per heavy atom. The van der Waals surface area contributed by atoms with Crippen LogP contribution in [-0.4, -0.2) is 20.7 Å². The summed E-state index contributed by atoms with van der Waals surface area (Å²) in [6, 6.07) is 15.7. The minimum absolute atomic E-state index is 0.209. The van der Waals surface area contributed by atoms with Crippen molar-refractivity contribution >= 4 is 5.97 Å². The lowest BCUT2D eigenvalue weighted by atomic mass is 10.1. The summed E-state index contributed by atoms with van der Waals surface area (Å²) < 4.78 is 1.83. The third kappa shape index (κ3) is 2.51. The molecule has 0 saturated carbocycles. The molecule has 0 unspecified atom stereocenters. The van der Waals surface area contributed by atoms with Gasteiger partial charge in [-0.3, -0.25) is 0 Å². The van der Waals surface area contributed by atoms with Gasteiger partial charge in [0.25, 0.3) is 0 Å². The lowest BCUT2D eigenvalue weighted by Crippen LogP contribution is -1.94. The monoisotopic (exact) mass is 279 g/mol. The molecule has 0 spiro atoms. The summed E-state index contributed by atoms with van der Waals surface area (Å²) >= 11 is 0. The second-order valence-corrected chi connectivity index (χ2v) is 4.68. The van der Waals surface area contributed by atoms with Crippen LogP contribution in [0.2, 0.25) is 0 Å². The van der Waals surface area contributed by atoms with Crippen molar-refractivity contribution in [3.63, 3.8) is 0 Å².